The lowest BCUT2D eigenvalue weighted by molar-refractivity contribution is 0.0209. The van der Waals surface area contributed by atoms with Gasteiger partial charge in [-0.1, -0.05) is 6.07 Å². The van der Waals surface area contributed by atoms with Crippen LogP contribution in [0.2, 0.25) is 0 Å². The van der Waals surface area contributed by atoms with Crippen molar-refractivity contribution >= 4 is 11.9 Å². The summed E-state index contributed by atoms with van der Waals surface area (Å²) < 4.78 is 5.45. The van der Waals surface area contributed by atoms with Crippen molar-refractivity contribution in [3.8, 4) is 0 Å². The molecule has 2 heterocycles. The van der Waals surface area contributed by atoms with E-state index < -0.39 is 5.60 Å². The molecule has 5 heteroatoms. The van der Waals surface area contributed by atoms with E-state index in [-0.39, 0.29) is 12.1 Å². The van der Waals surface area contributed by atoms with Crippen molar-refractivity contribution in [2.75, 3.05) is 25.0 Å². The molecule has 1 amide bonds. The number of anilines is 1. The van der Waals surface area contributed by atoms with Gasteiger partial charge in [-0.2, -0.15) is 0 Å². The zero-order valence-corrected chi connectivity index (χ0v) is 13.4. The van der Waals surface area contributed by atoms with E-state index in [1.165, 1.54) is 0 Å². The third kappa shape index (κ3) is 4.34. The van der Waals surface area contributed by atoms with Crippen molar-refractivity contribution in [2.45, 2.75) is 45.3 Å². The van der Waals surface area contributed by atoms with E-state index in [2.05, 4.69) is 9.88 Å². The van der Waals surface area contributed by atoms with E-state index in [0.717, 1.165) is 31.7 Å². The van der Waals surface area contributed by atoms with Gasteiger partial charge in [0.2, 0.25) is 0 Å². The Labute approximate surface area is 126 Å². The van der Waals surface area contributed by atoms with Gasteiger partial charge in [0.1, 0.15) is 11.4 Å². The number of carbonyl (C=O) groups excluding carboxylic acids is 1. The minimum atomic E-state index is -0.458. The number of amides is 1. The molecule has 0 unspecified atom stereocenters. The minimum absolute atomic E-state index is 0.163. The molecule has 0 spiro atoms. The molecular formula is C16H25N3O2. The molecule has 0 aromatic carbocycles. The Morgan fingerprint density at radius 2 is 2.19 bits per heavy atom. The molecule has 0 aliphatic carbocycles. The summed E-state index contributed by atoms with van der Waals surface area (Å²) in [5.74, 6) is 0.972. The first kappa shape index (κ1) is 15.6. The van der Waals surface area contributed by atoms with Crippen LogP contribution in [0, 0.1) is 0 Å². The summed E-state index contributed by atoms with van der Waals surface area (Å²) in [6.45, 7) is 7.45. The summed E-state index contributed by atoms with van der Waals surface area (Å²) in [6, 6.07) is 6.08. The van der Waals surface area contributed by atoms with Gasteiger partial charge in [0.15, 0.2) is 0 Å². The number of ether oxygens (including phenoxy) is 1. The first-order valence-corrected chi connectivity index (χ1v) is 7.48. The normalized spacial score (nSPS) is 19.2. The third-order valence-corrected chi connectivity index (χ3v) is 3.60. The largest absolute Gasteiger partial charge is 0.444 e. The van der Waals surface area contributed by atoms with E-state index in [9.17, 15) is 4.79 Å². The third-order valence-electron chi connectivity index (χ3n) is 3.60. The second kappa shape index (κ2) is 6.33. The average molecular weight is 291 g/mol. The smallest absolute Gasteiger partial charge is 0.410 e. The summed E-state index contributed by atoms with van der Waals surface area (Å²) in [7, 11) is 1.82. The maximum atomic E-state index is 12.2. The first-order valence-electron chi connectivity index (χ1n) is 7.48. The molecule has 21 heavy (non-hydrogen) atoms. The quantitative estimate of drug-likeness (QED) is 0.840. The SMILES string of the molecule is CN(C(=O)OC(C)(C)C)[C@@H]1CCCN(c2ccccn2)C1. The molecule has 1 aromatic heterocycles. The van der Waals surface area contributed by atoms with Crippen LogP contribution in [0.5, 0.6) is 0 Å². The number of rotatable bonds is 2. The molecular weight excluding hydrogens is 266 g/mol. The molecule has 2 rings (SSSR count). The number of pyridine rings is 1. The van der Waals surface area contributed by atoms with Crippen LogP contribution in [0.3, 0.4) is 0 Å². The van der Waals surface area contributed by atoms with Gasteiger partial charge in [-0.05, 0) is 45.7 Å². The molecule has 0 radical (unpaired) electrons. The van der Waals surface area contributed by atoms with Crippen LogP contribution in [-0.2, 0) is 4.74 Å². The predicted molar refractivity (Wildman–Crippen MR) is 83.5 cm³/mol. The van der Waals surface area contributed by atoms with E-state index in [4.69, 9.17) is 4.74 Å². The molecule has 0 N–H and O–H groups in total. The minimum Gasteiger partial charge on any atom is -0.444 e. The highest BCUT2D eigenvalue weighted by atomic mass is 16.6. The van der Waals surface area contributed by atoms with Gasteiger partial charge in [0, 0.05) is 26.3 Å². The van der Waals surface area contributed by atoms with E-state index in [1.807, 2.05) is 46.0 Å². The Bertz CT molecular complexity index is 470. The van der Waals surface area contributed by atoms with Crippen molar-refractivity contribution in [3.63, 3.8) is 0 Å². The predicted octanol–water partition coefficient (Wildman–Crippen LogP) is 2.92. The van der Waals surface area contributed by atoms with Crippen molar-refractivity contribution in [2.24, 2.45) is 0 Å². The van der Waals surface area contributed by atoms with Crippen molar-refractivity contribution in [3.05, 3.63) is 24.4 Å². The van der Waals surface area contributed by atoms with Gasteiger partial charge in [-0.3, -0.25) is 0 Å². The average Bonchev–Trinajstić information content (AvgIpc) is 2.46. The maximum Gasteiger partial charge on any atom is 0.410 e. The fourth-order valence-corrected chi connectivity index (χ4v) is 2.50. The molecule has 0 saturated carbocycles. The van der Waals surface area contributed by atoms with Gasteiger partial charge in [0.25, 0.3) is 0 Å². The van der Waals surface area contributed by atoms with Crippen molar-refractivity contribution in [1.29, 1.82) is 0 Å². The van der Waals surface area contributed by atoms with Crippen LogP contribution in [0.1, 0.15) is 33.6 Å². The molecule has 0 bridgehead atoms. The zero-order valence-electron chi connectivity index (χ0n) is 13.4. The summed E-state index contributed by atoms with van der Waals surface area (Å²) in [5, 5.41) is 0. The number of hydrogen-bond acceptors (Lipinski definition) is 4. The monoisotopic (exact) mass is 291 g/mol. The highest BCUT2D eigenvalue weighted by molar-refractivity contribution is 5.68. The van der Waals surface area contributed by atoms with Crippen molar-refractivity contribution in [1.82, 2.24) is 9.88 Å². The zero-order chi connectivity index (χ0) is 15.5. The summed E-state index contributed by atoms with van der Waals surface area (Å²) >= 11 is 0. The fourth-order valence-electron chi connectivity index (χ4n) is 2.50. The van der Waals surface area contributed by atoms with Gasteiger partial charge in [-0.25, -0.2) is 9.78 Å². The summed E-state index contributed by atoms with van der Waals surface area (Å²) in [6.07, 6.45) is 3.60. The Balaban J connectivity index is 1.99. The Morgan fingerprint density at radius 3 is 2.81 bits per heavy atom. The maximum absolute atomic E-state index is 12.2. The van der Waals surface area contributed by atoms with Crippen LogP contribution in [0.15, 0.2) is 24.4 Å². The number of likely N-dealkylation sites (N-methyl/N-ethyl adjacent to an activating group) is 1. The van der Waals surface area contributed by atoms with Crippen LogP contribution < -0.4 is 4.90 Å². The molecule has 1 atom stereocenters. The molecule has 116 valence electrons. The summed E-state index contributed by atoms with van der Waals surface area (Å²) in [5.41, 5.74) is -0.458. The van der Waals surface area contributed by atoms with Crippen LogP contribution in [0.25, 0.3) is 0 Å². The number of carbonyl (C=O) groups is 1. The van der Waals surface area contributed by atoms with Crippen molar-refractivity contribution < 1.29 is 9.53 Å². The molecule has 1 aliphatic rings. The Morgan fingerprint density at radius 1 is 1.43 bits per heavy atom. The number of piperidine rings is 1. The highest BCUT2D eigenvalue weighted by Gasteiger charge is 2.29. The molecule has 1 aromatic rings. The highest BCUT2D eigenvalue weighted by Crippen LogP contribution is 2.21. The summed E-state index contributed by atoms with van der Waals surface area (Å²) in [4.78, 5) is 20.5. The second-order valence-electron chi connectivity index (χ2n) is 6.52. The number of nitrogens with zero attached hydrogens (tertiary/aromatic N) is 3. The molecule has 1 fully saturated rings. The van der Waals surface area contributed by atoms with Crippen LogP contribution in [-0.4, -0.2) is 47.8 Å². The number of hydrogen-bond donors (Lipinski definition) is 0. The van der Waals surface area contributed by atoms with Gasteiger partial charge in [0.05, 0.1) is 6.04 Å². The molecule has 5 nitrogen and oxygen atoms in total. The van der Waals surface area contributed by atoms with Gasteiger partial charge < -0.3 is 14.5 Å². The second-order valence-corrected chi connectivity index (χ2v) is 6.52. The number of aromatic nitrogens is 1. The van der Waals surface area contributed by atoms with Gasteiger partial charge >= 0.3 is 6.09 Å². The first-order chi connectivity index (χ1) is 9.87. The van der Waals surface area contributed by atoms with E-state index in [1.54, 1.807) is 11.1 Å². The molecule has 1 aliphatic heterocycles. The Kier molecular flexibility index (Phi) is 4.70. The molecule has 1 saturated heterocycles. The van der Waals surface area contributed by atoms with Crippen LogP contribution in [0.4, 0.5) is 10.6 Å². The standard InChI is InChI=1S/C16H25N3O2/c1-16(2,3)21-15(20)18(4)13-8-7-11-19(12-13)14-9-5-6-10-17-14/h5-6,9-10,13H,7-8,11-12H2,1-4H3/t13-/m1/s1. The lowest BCUT2D eigenvalue weighted by atomic mass is 10.0. The lowest BCUT2D eigenvalue weighted by Crippen LogP contribution is -2.50. The van der Waals surface area contributed by atoms with Crippen LogP contribution >= 0.6 is 0 Å². The Hall–Kier alpha value is -1.78. The fraction of sp³-hybridized carbons (Fsp3) is 0.625. The topological polar surface area (TPSA) is 45.7 Å². The van der Waals surface area contributed by atoms with Gasteiger partial charge in [-0.15, -0.1) is 0 Å². The lowest BCUT2D eigenvalue weighted by Gasteiger charge is -2.38. The van der Waals surface area contributed by atoms with E-state index in [0.29, 0.717) is 0 Å². The van der Waals surface area contributed by atoms with E-state index >= 15 is 0 Å².